The van der Waals surface area contributed by atoms with Crippen molar-refractivity contribution in [1.82, 2.24) is 4.31 Å². The molecule has 0 aliphatic rings. The monoisotopic (exact) mass is 295 g/mol. The molecule has 0 saturated heterocycles. The summed E-state index contributed by atoms with van der Waals surface area (Å²) in [4.78, 5) is 0. The molecule has 0 atom stereocenters. The average Bonchev–Trinajstić information content (AvgIpc) is 2.37. The van der Waals surface area contributed by atoms with Gasteiger partial charge in [0.05, 0.1) is 17.9 Å². The maximum Gasteiger partial charge on any atom is 0.211 e. The number of rotatable bonds is 7. The lowest BCUT2D eigenvalue weighted by Gasteiger charge is -2.17. The number of benzene rings is 1. The van der Waals surface area contributed by atoms with E-state index in [-0.39, 0.29) is 0 Å². The Morgan fingerprint density at radius 3 is 2.60 bits per heavy atom. The fraction of sp³-hybridized carbons (Fsp3) is 0.500. The number of nitriles is 1. The quantitative estimate of drug-likeness (QED) is 0.780. The summed E-state index contributed by atoms with van der Waals surface area (Å²) >= 11 is 0. The molecule has 0 radical (unpaired) electrons. The van der Waals surface area contributed by atoms with Crippen LogP contribution in [0, 0.1) is 18.3 Å². The normalized spacial score (nSPS) is 11.3. The zero-order valence-corrected chi connectivity index (χ0v) is 13.0. The molecule has 0 saturated carbocycles. The highest BCUT2D eigenvalue weighted by Gasteiger charge is 2.12. The number of nitrogens with one attached hydrogen (secondary N) is 1. The third-order valence-corrected chi connectivity index (χ3v) is 4.46. The molecule has 20 heavy (non-hydrogen) atoms. The van der Waals surface area contributed by atoms with Crippen molar-refractivity contribution in [3.05, 3.63) is 29.3 Å². The standard InChI is InChI=1S/C14H21N3O2S/c1-4-17(20(3,18)19)9-5-8-16-14-7-6-13(11-15)12(2)10-14/h6-7,10,16H,4-5,8-9H2,1-3H3. The third-order valence-electron chi connectivity index (χ3n) is 3.08. The van der Waals surface area contributed by atoms with E-state index in [1.165, 1.54) is 10.6 Å². The molecule has 1 N–H and O–H groups in total. The lowest BCUT2D eigenvalue weighted by atomic mass is 10.1. The van der Waals surface area contributed by atoms with Gasteiger partial charge in [-0.1, -0.05) is 6.92 Å². The second-order valence-corrected chi connectivity index (χ2v) is 6.66. The Kier molecular flexibility index (Phi) is 5.99. The molecule has 0 spiro atoms. The van der Waals surface area contributed by atoms with E-state index in [0.717, 1.165) is 17.7 Å². The number of anilines is 1. The Hall–Kier alpha value is -1.58. The first-order chi connectivity index (χ1) is 9.38. The van der Waals surface area contributed by atoms with Crippen LogP contribution < -0.4 is 5.32 Å². The van der Waals surface area contributed by atoms with Gasteiger partial charge < -0.3 is 5.32 Å². The molecule has 5 nitrogen and oxygen atoms in total. The van der Waals surface area contributed by atoms with Gasteiger partial charge in [-0.3, -0.25) is 0 Å². The van der Waals surface area contributed by atoms with E-state index in [2.05, 4.69) is 11.4 Å². The lowest BCUT2D eigenvalue weighted by molar-refractivity contribution is 0.429. The van der Waals surface area contributed by atoms with Crippen molar-refractivity contribution in [3.63, 3.8) is 0 Å². The Bertz CT molecular complexity index is 591. The lowest BCUT2D eigenvalue weighted by Crippen LogP contribution is -2.31. The molecular weight excluding hydrogens is 274 g/mol. The third kappa shape index (κ3) is 4.83. The van der Waals surface area contributed by atoms with Gasteiger partial charge in [-0.15, -0.1) is 0 Å². The number of hydrogen-bond donors (Lipinski definition) is 1. The molecule has 6 heteroatoms. The summed E-state index contributed by atoms with van der Waals surface area (Å²) in [7, 11) is -3.11. The van der Waals surface area contributed by atoms with E-state index in [1.807, 2.05) is 26.0 Å². The molecule has 0 amide bonds. The molecule has 0 unspecified atom stereocenters. The highest BCUT2D eigenvalue weighted by atomic mass is 32.2. The molecule has 0 aliphatic carbocycles. The number of sulfonamides is 1. The van der Waals surface area contributed by atoms with Crippen molar-refractivity contribution in [3.8, 4) is 6.07 Å². The second-order valence-electron chi connectivity index (χ2n) is 4.68. The molecule has 110 valence electrons. The summed E-state index contributed by atoms with van der Waals surface area (Å²) in [5.41, 5.74) is 2.55. The molecule has 0 bridgehead atoms. The molecule has 0 aliphatic heterocycles. The van der Waals surface area contributed by atoms with Gasteiger partial charge in [0.2, 0.25) is 10.0 Å². The molecular formula is C14H21N3O2S. The van der Waals surface area contributed by atoms with Crippen molar-refractivity contribution in [1.29, 1.82) is 5.26 Å². The van der Waals surface area contributed by atoms with Crippen LogP contribution in [0.25, 0.3) is 0 Å². The minimum atomic E-state index is -3.11. The van der Waals surface area contributed by atoms with Crippen LogP contribution in [0.1, 0.15) is 24.5 Å². The highest BCUT2D eigenvalue weighted by Crippen LogP contribution is 2.14. The van der Waals surface area contributed by atoms with Crippen LogP contribution in [0.3, 0.4) is 0 Å². The van der Waals surface area contributed by atoms with Gasteiger partial charge in [0.25, 0.3) is 0 Å². The van der Waals surface area contributed by atoms with Crippen LogP contribution in [-0.2, 0) is 10.0 Å². The van der Waals surface area contributed by atoms with E-state index >= 15 is 0 Å². The van der Waals surface area contributed by atoms with Gasteiger partial charge in [0, 0.05) is 25.3 Å². The van der Waals surface area contributed by atoms with Gasteiger partial charge in [-0.2, -0.15) is 5.26 Å². The number of hydrogen-bond acceptors (Lipinski definition) is 4. The smallest absolute Gasteiger partial charge is 0.211 e. The topological polar surface area (TPSA) is 73.2 Å². The SMILES string of the molecule is CCN(CCCNc1ccc(C#N)c(C)c1)S(C)(=O)=O. The van der Waals surface area contributed by atoms with Crippen LogP contribution >= 0.6 is 0 Å². The van der Waals surface area contributed by atoms with Crippen LogP contribution in [-0.4, -0.2) is 38.6 Å². The highest BCUT2D eigenvalue weighted by molar-refractivity contribution is 7.88. The van der Waals surface area contributed by atoms with Crippen molar-refractivity contribution in [2.24, 2.45) is 0 Å². The first-order valence-corrected chi connectivity index (χ1v) is 8.43. The van der Waals surface area contributed by atoms with E-state index in [9.17, 15) is 8.42 Å². The largest absolute Gasteiger partial charge is 0.385 e. The minimum Gasteiger partial charge on any atom is -0.385 e. The summed E-state index contributed by atoms with van der Waals surface area (Å²) in [5, 5.41) is 12.1. The second kappa shape index (κ2) is 7.27. The zero-order chi connectivity index (χ0) is 15.2. The van der Waals surface area contributed by atoms with Crippen LogP contribution in [0.15, 0.2) is 18.2 Å². The summed E-state index contributed by atoms with van der Waals surface area (Å²) in [6.45, 7) is 5.43. The van der Waals surface area contributed by atoms with E-state index in [0.29, 0.717) is 25.2 Å². The van der Waals surface area contributed by atoms with Crippen molar-refractivity contribution in [2.45, 2.75) is 20.3 Å². The van der Waals surface area contributed by atoms with Crippen molar-refractivity contribution in [2.75, 3.05) is 31.2 Å². The van der Waals surface area contributed by atoms with Crippen LogP contribution in [0.5, 0.6) is 0 Å². The van der Waals surface area contributed by atoms with E-state index < -0.39 is 10.0 Å². The van der Waals surface area contributed by atoms with E-state index in [1.54, 1.807) is 6.07 Å². The Balaban J connectivity index is 2.46. The van der Waals surface area contributed by atoms with Gasteiger partial charge in [-0.05, 0) is 37.1 Å². The van der Waals surface area contributed by atoms with Gasteiger partial charge in [0.15, 0.2) is 0 Å². The first kappa shape index (κ1) is 16.5. The molecule has 1 aromatic rings. The van der Waals surface area contributed by atoms with Crippen molar-refractivity contribution >= 4 is 15.7 Å². The summed E-state index contributed by atoms with van der Waals surface area (Å²) in [5.74, 6) is 0. The maximum atomic E-state index is 11.4. The maximum absolute atomic E-state index is 11.4. The van der Waals surface area contributed by atoms with Gasteiger partial charge >= 0.3 is 0 Å². The van der Waals surface area contributed by atoms with Crippen molar-refractivity contribution < 1.29 is 8.42 Å². The summed E-state index contributed by atoms with van der Waals surface area (Å²) in [6, 6.07) is 7.70. The van der Waals surface area contributed by atoms with E-state index in [4.69, 9.17) is 5.26 Å². The molecule has 0 aromatic heterocycles. The van der Waals surface area contributed by atoms with Gasteiger partial charge in [-0.25, -0.2) is 12.7 Å². The molecule has 1 rings (SSSR count). The fourth-order valence-corrected chi connectivity index (χ4v) is 2.88. The van der Waals surface area contributed by atoms with Crippen LogP contribution in [0.2, 0.25) is 0 Å². The molecule has 0 fully saturated rings. The van der Waals surface area contributed by atoms with Gasteiger partial charge in [0.1, 0.15) is 0 Å². The average molecular weight is 295 g/mol. The van der Waals surface area contributed by atoms with Crippen LogP contribution in [0.4, 0.5) is 5.69 Å². The first-order valence-electron chi connectivity index (χ1n) is 6.58. The minimum absolute atomic E-state index is 0.495. The predicted octanol–water partition coefficient (Wildman–Crippen LogP) is 1.95. The number of nitrogens with zero attached hydrogens (tertiary/aromatic N) is 2. The number of aryl methyl sites for hydroxylation is 1. The Morgan fingerprint density at radius 2 is 2.10 bits per heavy atom. The summed E-state index contributed by atoms with van der Waals surface area (Å²) < 4.78 is 24.3. The zero-order valence-electron chi connectivity index (χ0n) is 12.2. The Labute approximate surface area is 121 Å². The Morgan fingerprint density at radius 1 is 1.40 bits per heavy atom. The summed E-state index contributed by atoms with van der Waals surface area (Å²) in [6.07, 6.45) is 1.97. The molecule has 1 aromatic carbocycles. The fourth-order valence-electron chi connectivity index (χ4n) is 1.95. The predicted molar refractivity (Wildman–Crippen MR) is 81.1 cm³/mol. The molecule has 0 heterocycles.